The van der Waals surface area contributed by atoms with Crippen LogP contribution in [0.1, 0.15) is 72.6 Å². The smallest absolute Gasteiger partial charge is 0.254 e. The van der Waals surface area contributed by atoms with Gasteiger partial charge in [-0.2, -0.15) is 0 Å². The number of thiophene rings is 1. The van der Waals surface area contributed by atoms with E-state index in [4.69, 9.17) is 23.2 Å². The Bertz CT molecular complexity index is 1280. The van der Waals surface area contributed by atoms with E-state index in [1.165, 1.54) is 4.88 Å². The first kappa shape index (κ1) is 27.7. The maximum atomic E-state index is 13.9. The van der Waals surface area contributed by atoms with Crippen LogP contribution in [0.5, 0.6) is 0 Å². The Morgan fingerprint density at radius 3 is 2.38 bits per heavy atom. The van der Waals surface area contributed by atoms with E-state index in [2.05, 4.69) is 46.1 Å². The van der Waals surface area contributed by atoms with E-state index in [9.17, 15) is 9.59 Å². The van der Waals surface area contributed by atoms with Crippen molar-refractivity contribution in [3.63, 3.8) is 0 Å². The zero-order valence-electron chi connectivity index (χ0n) is 22.1. The van der Waals surface area contributed by atoms with E-state index in [1.54, 1.807) is 22.3 Å². The lowest BCUT2D eigenvalue weighted by Crippen LogP contribution is -2.47. The summed E-state index contributed by atoms with van der Waals surface area (Å²) in [6, 6.07) is 14.9. The van der Waals surface area contributed by atoms with Crippen LogP contribution in [-0.4, -0.2) is 41.2 Å². The Balaban J connectivity index is 1.62. The molecule has 3 aromatic rings. The molecule has 1 aromatic heterocycles. The van der Waals surface area contributed by atoms with Crippen LogP contribution >= 0.6 is 34.5 Å². The van der Waals surface area contributed by atoms with Crippen molar-refractivity contribution in [1.29, 1.82) is 0 Å². The van der Waals surface area contributed by atoms with Crippen molar-refractivity contribution in [2.45, 2.75) is 52.5 Å². The second-order valence-corrected chi connectivity index (χ2v) is 13.0. The molecule has 7 heteroatoms. The highest BCUT2D eigenvalue weighted by Gasteiger charge is 2.35. The van der Waals surface area contributed by atoms with Crippen LogP contribution in [0.4, 0.5) is 0 Å². The Labute approximate surface area is 234 Å². The number of hydrogen-bond acceptors (Lipinski definition) is 3. The fourth-order valence-electron chi connectivity index (χ4n) is 4.85. The normalized spacial score (nSPS) is 15.6. The Morgan fingerprint density at radius 1 is 1.05 bits per heavy atom. The van der Waals surface area contributed by atoms with E-state index < -0.39 is 0 Å². The molecule has 1 aliphatic rings. The monoisotopic (exact) mass is 556 g/mol. The number of rotatable bonds is 6. The van der Waals surface area contributed by atoms with Gasteiger partial charge in [0.15, 0.2) is 0 Å². The Kier molecular flexibility index (Phi) is 8.37. The van der Waals surface area contributed by atoms with Crippen molar-refractivity contribution in [2.24, 2.45) is 5.92 Å². The standard InChI is InChI=1S/C30H34Cl2N2O2S/c1-19(2)17-33(29(36)20-6-8-21(9-7-20)30(3,4)5)18-27(35)34-14-12-26-24(13-15-37-26)28(34)23-11-10-22(31)16-25(23)32/h6-11,13,15-16,19,28H,12,14,17-18H2,1-5H3. The number of benzene rings is 2. The van der Waals surface area contributed by atoms with Crippen molar-refractivity contribution < 1.29 is 9.59 Å². The molecule has 0 saturated carbocycles. The largest absolute Gasteiger partial charge is 0.330 e. The zero-order chi connectivity index (χ0) is 26.9. The van der Waals surface area contributed by atoms with Crippen LogP contribution in [0, 0.1) is 5.92 Å². The van der Waals surface area contributed by atoms with Crippen LogP contribution in [-0.2, 0) is 16.6 Å². The van der Waals surface area contributed by atoms with Crippen LogP contribution in [0.25, 0.3) is 0 Å². The molecule has 1 aliphatic heterocycles. The van der Waals surface area contributed by atoms with Crippen LogP contribution in [0.2, 0.25) is 10.0 Å². The number of carbonyl (C=O) groups excluding carboxylic acids is 2. The van der Waals surface area contributed by atoms with E-state index in [-0.39, 0.29) is 35.7 Å². The third kappa shape index (κ3) is 6.22. The van der Waals surface area contributed by atoms with Gasteiger partial charge in [-0.15, -0.1) is 11.3 Å². The second kappa shape index (κ2) is 11.2. The second-order valence-electron chi connectivity index (χ2n) is 11.1. The van der Waals surface area contributed by atoms with Gasteiger partial charge in [-0.05, 0) is 70.2 Å². The predicted octanol–water partition coefficient (Wildman–Crippen LogP) is 7.62. The highest BCUT2D eigenvalue weighted by molar-refractivity contribution is 7.10. The molecule has 4 rings (SSSR count). The van der Waals surface area contributed by atoms with E-state index in [0.29, 0.717) is 28.7 Å². The first-order valence-corrected chi connectivity index (χ1v) is 14.3. The molecule has 37 heavy (non-hydrogen) atoms. The summed E-state index contributed by atoms with van der Waals surface area (Å²) in [7, 11) is 0. The summed E-state index contributed by atoms with van der Waals surface area (Å²) in [5.41, 5.74) is 3.70. The molecule has 2 aromatic carbocycles. The minimum atomic E-state index is -0.311. The molecule has 2 heterocycles. The summed E-state index contributed by atoms with van der Waals surface area (Å²) in [5.74, 6) is 0.00179. The van der Waals surface area contributed by atoms with E-state index in [0.717, 1.165) is 23.1 Å². The van der Waals surface area contributed by atoms with E-state index in [1.807, 2.05) is 41.3 Å². The van der Waals surface area contributed by atoms with Gasteiger partial charge in [0.1, 0.15) is 6.54 Å². The highest BCUT2D eigenvalue weighted by Crippen LogP contribution is 2.41. The minimum Gasteiger partial charge on any atom is -0.330 e. The molecule has 0 saturated heterocycles. The Morgan fingerprint density at radius 2 is 1.76 bits per heavy atom. The number of carbonyl (C=O) groups is 2. The number of amides is 2. The fourth-order valence-corrected chi connectivity index (χ4v) is 6.27. The van der Waals surface area contributed by atoms with Gasteiger partial charge in [-0.25, -0.2) is 0 Å². The molecule has 0 bridgehead atoms. The van der Waals surface area contributed by atoms with Crippen LogP contribution in [0.15, 0.2) is 53.9 Å². The SMILES string of the molecule is CC(C)CN(CC(=O)N1CCc2sccc2C1c1ccc(Cl)cc1Cl)C(=O)c1ccc(C(C)(C)C)cc1. The van der Waals surface area contributed by atoms with Gasteiger partial charge in [0, 0.05) is 33.6 Å². The van der Waals surface area contributed by atoms with Crippen LogP contribution in [0.3, 0.4) is 0 Å². The van der Waals surface area contributed by atoms with Gasteiger partial charge < -0.3 is 9.80 Å². The van der Waals surface area contributed by atoms with Crippen molar-refractivity contribution in [2.75, 3.05) is 19.6 Å². The summed E-state index contributed by atoms with van der Waals surface area (Å²) in [6.07, 6.45) is 0.785. The Hall–Kier alpha value is -2.34. The third-order valence-corrected chi connectivity index (χ3v) is 8.30. The molecule has 1 atom stereocenters. The van der Waals surface area contributed by atoms with Gasteiger partial charge in [-0.1, -0.05) is 76.0 Å². The summed E-state index contributed by atoms with van der Waals surface area (Å²) in [4.78, 5) is 32.3. The molecule has 0 spiro atoms. The topological polar surface area (TPSA) is 40.6 Å². The molecule has 0 aliphatic carbocycles. The van der Waals surface area contributed by atoms with Crippen molar-refractivity contribution in [1.82, 2.24) is 9.80 Å². The summed E-state index contributed by atoms with van der Waals surface area (Å²) < 4.78 is 0. The molecule has 2 amide bonds. The summed E-state index contributed by atoms with van der Waals surface area (Å²) in [5, 5.41) is 3.15. The summed E-state index contributed by atoms with van der Waals surface area (Å²) >= 11 is 14.5. The maximum absolute atomic E-state index is 13.9. The predicted molar refractivity (Wildman–Crippen MR) is 154 cm³/mol. The van der Waals surface area contributed by atoms with Gasteiger partial charge >= 0.3 is 0 Å². The van der Waals surface area contributed by atoms with Crippen molar-refractivity contribution >= 4 is 46.4 Å². The maximum Gasteiger partial charge on any atom is 0.254 e. The lowest BCUT2D eigenvalue weighted by atomic mass is 9.86. The molecular weight excluding hydrogens is 523 g/mol. The van der Waals surface area contributed by atoms with E-state index >= 15 is 0 Å². The zero-order valence-corrected chi connectivity index (χ0v) is 24.4. The number of nitrogens with zero attached hydrogens (tertiary/aromatic N) is 2. The minimum absolute atomic E-state index is 0.00187. The number of halogens is 2. The average molecular weight is 558 g/mol. The molecule has 1 unspecified atom stereocenters. The summed E-state index contributed by atoms with van der Waals surface area (Å²) in [6.45, 7) is 11.6. The molecular formula is C30H34Cl2N2O2S. The number of fused-ring (bicyclic) bond motifs is 1. The van der Waals surface area contributed by atoms with Crippen molar-refractivity contribution in [3.8, 4) is 0 Å². The first-order valence-electron chi connectivity index (χ1n) is 12.7. The molecule has 0 radical (unpaired) electrons. The highest BCUT2D eigenvalue weighted by atomic mass is 35.5. The van der Waals surface area contributed by atoms with Gasteiger partial charge in [0.2, 0.25) is 5.91 Å². The third-order valence-electron chi connectivity index (χ3n) is 6.74. The molecule has 0 fully saturated rings. The van der Waals surface area contributed by atoms with Gasteiger partial charge in [-0.3, -0.25) is 9.59 Å². The number of hydrogen-bond donors (Lipinski definition) is 0. The first-order chi connectivity index (χ1) is 17.5. The quantitative estimate of drug-likeness (QED) is 0.313. The molecule has 0 N–H and O–H groups in total. The lowest BCUT2D eigenvalue weighted by Gasteiger charge is -2.38. The molecule has 196 valence electrons. The lowest BCUT2D eigenvalue weighted by molar-refractivity contribution is -0.134. The molecule has 4 nitrogen and oxygen atoms in total. The fraction of sp³-hybridized carbons (Fsp3) is 0.400. The van der Waals surface area contributed by atoms with Crippen LogP contribution < -0.4 is 0 Å². The van der Waals surface area contributed by atoms with Crippen molar-refractivity contribution in [3.05, 3.63) is 91.1 Å². The van der Waals surface area contributed by atoms with Gasteiger partial charge in [0.25, 0.3) is 5.91 Å². The average Bonchev–Trinajstić information content (AvgIpc) is 3.31. The van der Waals surface area contributed by atoms with Gasteiger partial charge in [0.05, 0.1) is 6.04 Å².